The quantitative estimate of drug-likeness (QED) is 0.489. The van der Waals surface area contributed by atoms with Gasteiger partial charge in [0.05, 0.1) is 16.5 Å². The van der Waals surface area contributed by atoms with Crippen LogP contribution in [-0.2, 0) is 21.2 Å². The van der Waals surface area contributed by atoms with Gasteiger partial charge in [0.25, 0.3) is 10.0 Å². The van der Waals surface area contributed by atoms with Gasteiger partial charge >= 0.3 is 6.03 Å². The van der Waals surface area contributed by atoms with Crippen LogP contribution >= 0.6 is 0 Å². The number of likely N-dealkylation sites (N-methyl/N-ethyl adjacent to an activating group) is 1. The van der Waals surface area contributed by atoms with Gasteiger partial charge in [0.2, 0.25) is 12.7 Å². The molecule has 0 fully saturated rings. The first kappa shape index (κ1) is 25.5. The van der Waals surface area contributed by atoms with Crippen molar-refractivity contribution < 1.29 is 27.5 Å². The number of benzene rings is 3. The molecule has 3 aromatic rings. The molecule has 10 nitrogen and oxygen atoms in total. The van der Waals surface area contributed by atoms with Crippen LogP contribution in [0, 0.1) is 18.3 Å². The van der Waals surface area contributed by atoms with Gasteiger partial charge in [-0.3, -0.25) is 4.79 Å². The number of sulfonamides is 1. The second-order valence-electron chi connectivity index (χ2n) is 8.35. The minimum atomic E-state index is -4.18. The monoisotopic (exact) mass is 520 g/mol. The molecule has 0 saturated carbocycles. The first-order valence-corrected chi connectivity index (χ1v) is 12.7. The van der Waals surface area contributed by atoms with Gasteiger partial charge in [-0.1, -0.05) is 30.3 Å². The van der Waals surface area contributed by atoms with Crippen molar-refractivity contribution in [2.75, 3.05) is 18.7 Å². The zero-order valence-corrected chi connectivity index (χ0v) is 20.9. The summed E-state index contributed by atoms with van der Waals surface area (Å²) in [7, 11) is -2.65. The van der Waals surface area contributed by atoms with E-state index in [1.165, 1.54) is 18.0 Å². The molecule has 2 N–H and O–H groups in total. The zero-order chi connectivity index (χ0) is 26.6. The van der Waals surface area contributed by atoms with E-state index in [-0.39, 0.29) is 18.1 Å². The number of hydrogen-bond donors (Lipinski definition) is 2. The lowest BCUT2D eigenvalue weighted by Crippen LogP contribution is -2.52. The number of rotatable bonds is 7. The first-order chi connectivity index (χ1) is 17.7. The summed E-state index contributed by atoms with van der Waals surface area (Å²) in [6.45, 7) is 1.69. The summed E-state index contributed by atoms with van der Waals surface area (Å²) >= 11 is 0. The second-order valence-corrected chi connectivity index (χ2v) is 10.00. The van der Waals surface area contributed by atoms with Gasteiger partial charge in [-0.05, 0) is 48.4 Å². The van der Waals surface area contributed by atoms with E-state index in [9.17, 15) is 23.3 Å². The van der Waals surface area contributed by atoms with Crippen LogP contribution in [0.15, 0.2) is 71.6 Å². The third-order valence-corrected chi connectivity index (χ3v) is 7.27. The number of ether oxygens (including phenoxy) is 2. The van der Waals surface area contributed by atoms with Crippen molar-refractivity contribution in [2.24, 2.45) is 0 Å². The van der Waals surface area contributed by atoms with Gasteiger partial charge in [0, 0.05) is 25.2 Å². The van der Waals surface area contributed by atoms with Crippen molar-refractivity contribution in [3.05, 3.63) is 83.4 Å². The number of nitrogens with zero attached hydrogens (tertiary/aromatic N) is 2. The Labute approximate surface area is 214 Å². The van der Waals surface area contributed by atoms with Crippen molar-refractivity contribution in [1.82, 2.24) is 10.0 Å². The summed E-state index contributed by atoms with van der Waals surface area (Å²) in [4.78, 5) is 27.6. The smallest absolute Gasteiger partial charge is 0.329 e. The van der Waals surface area contributed by atoms with E-state index in [0.717, 1.165) is 0 Å². The molecular weight excluding hydrogens is 496 g/mol. The summed E-state index contributed by atoms with van der Waals surface area (Å²) < 4.78 is 38.3. The van der Waals surface area contributed by atoms with Gasteiger partial charge in [-0.15, -0.1) is 0 Å². The molecule has 1 aliphatic heterocycles. The average Bonchev–Trinajstić information content (AvgIpc) is 3.35. The highest BCUT2D eigenvalue weighted by atomic mass is 32.2. The third-order valence-electron chi connectivity index (χ3n) is 5.78. The van der Waals surface area contributed by atoms with Gasteiger partial charge in [-0.2, -0.15) is 5.26 Å². The number of fused-ring (bicyclic) bond motifs is 1. The minimum Gasteiger partial charge on any atom is -0.454 e. The SMILES string of the molecule is Cc1ccccc1S(=O)(=O)NC(=O)N[C@@H](Cc1cccc(C#N)c1)C(=O)N(C)c1ccc2c(c1)OCO2. The average molecular weight is 521 g/mol. The number of carbonyl (C=O) groups excluding carboxylic acids is 2. The first-order valence-electron chi connectivity index (χ1n) is 11.2. The van der Waals surface area contributed by atoms with Gasteiger partial charge in [0.1, 0.15) is 6.04 Å². The molecule has 0 radical (unpaired) electrons. The number of nitrogens with one attached hydrogen (secondary N) is 2. The number of carbonyl (C=O) groups is 2. The molecule has 4 rings (SSSR count). The summed E-state index contributed by atoms with van der Waals surface area (Å²) in [6.07, 6.45) is 0.0150. The van der Waals surface area contributed by atoms with Crippen molar-refractivity contribution >= 4 is 27.6 Å². The van der Waals surface area contributed by atoms with Crippen molar-refractivity contribution in [3.63, 3.8) is 0 Å². The molecule has 3 amide bonds. The Morgan fingerprint density at radius 2 is 1.81 bits per heavy atom. The molecule has 1 heterocycles. The lowest BCUT2D eigenvalue weighted by molar-refractivity contribution is -0.120. The van der Waals surface area contributed by atoms with Gasteiger partial charge in [-0.25, -0.2) is 17.9 Å². The lowest BCUT2D eigenvalue weighted by atomic mass is 10.0. The van der Waals surface area contributed by atoms with E-state index in [2.05, 4.69) is 5.32 Å². The van der Waals surface area contributed by atoms with E-state index in [0.29, 0.717) is 33.9 Å². The van der Waals surface area contributed by atoms with Crippen LogP contribution in [0.2, 0.25) is 0 Å². The fraction of sp³-hybridized carbons (Fsp3) is 0.192. The Morgan fingerprint density at radius 1 is 1.05 bits per heavy atom. The molecule has 37 heavy (non-hydrogen) atoms. The molecular formula is C26H24N4O6S. The molecule has 1 atom stereocenters. The van der Waals surface area contributed by atoms with Crippen molar-refractivity contribution in [2.45, 2.75) is 24.3 Å². The maximum atomic E-state index is 13.5. The molecule has 0 bridgehead atoms. The van der Waals surface area contributed by atoms with Crippen LogP contribution in [-0.4, -0.2) is 40.2 Å². The maximum absolute atomic E-state index is 13.5. The Morgan fingerprint density at radius 3 is 2.57 bits per heavy atom. The Hall–Kier alpha value is -4.56. The highest BCUT2D eigenvalue weighted by Crippen LogP contribution is 2.35. The number of hydrogen-bond acceptors (Lipinski definition) is 7. The highest BCUT2D eigenvalue weighted by Gasteiger charge is 2.28. The summed E-state index contributed by atoms with van der Waals surface area (Å²) in [5.41, 5.74) is 1.95. The molecule has 11 heteroatoms. The Bertz CT molecular complexity index is 1500. The maximum Gasteiger partial charge on any atom is 0.329 e. The second kappa shape index (κ2) is 10.6. The van der Waals surface area contributed by atoms with Crippen LogP contribution in [0.5, 0.6) is 11.5 Å². The van der Waals surface area contributed by atoms with Crippen LogP contribution in [0.25, 0.3) is 0 Å². The van der Waals surface area contributed by atoms with Gasteiger partial charge < -0.3 is 19.7 Å². The number of urea groups is 1. The predicted octanol–water partition coefficient (Wildman–Crippen LogP) is 2.86. The Balaban J connectivity index is 1.58. The minimum absolute atomic E-state index is 0.0150. The highest BCUT2D eigenvalue weighted by molar-refractivity contribution is 7.90. The van der Waals surface area contributed by atoms with E-state index >= 15 is 0 Å². The van der Waals surface area contributed by atoms with E-state index in [1.54, 1.807) is 67.6 Å². The zero-order valence-electron chi connectivity index (χ0n) is 20.1. The van der Waals surface area contributed by atoms with E-state index < -0.39 is 28.0 Å². The summed E-state index contributed by atoms with van der Waals surface area (Å²) in [5, 5.41) is 11.7. The fourth-order valence-corrected chi connectivity index (χ4v) is 5.04. The number of nitriles is 1. The van der Waals surface area contributed by atoms with E-state index in [4.69, 9.17) is 9.47 Å². The van der Waals surface area contributed by atoms with Crippen LogP contribution < -0.4 is 24.4 Å². The van der Waals surface area contributed by atoms with Crippen LogP contribution in [0.1, 0.15) is 16.7 Å². The molecule has 0 saturated heterocycles. The third kappa shape index (κ3) is 5.82. The molecule has 0 aromatic heterocycles. The van der Waals surface area contributed by atoms with Gasteiger partial charge in [0.15, 0.2) is 11.5 Å². The van der Waals surface area contributed by atoms with Crippen LogP contribution in [0.4, 0.5) is 10.5 Å². The normalized spacial score (nSPS) is 12.8. The predicted molar refractivity (Wildman–Crippen MR) is 135 cm³/mol. The molecule has 0 unspecified atom stereocenters. The number of aryl methyl sites for hydroxylation is 1. The van der Waals surface area contributed by atoms with Crippen LogP contribution in [0.3, 0.4) is 0 Å². The largest absolute Gasteiger partial charge is 0.454 e. The summed E-state index contributed by atoms with van der Waals surface area (Å²) in [5.74, 6) is 0.517. The Kier molecular flexibility index (Phi) is 7.31. The lowest BCUT2D eigenvalue weighted by Gasteiger charge is -2.25. The standard InChI is InChI=1S/C26H24N4O6S/c1-17-6-3-4-9-24(17)37(33,34)29-26(32)28-21(13-18-7-5-8-19(12-18)15-27)25(31)30(2)20-10-11-22-23(14-20)36-16-35-22/h3-12,14,21H,13,16H2,1-2H3,(H2,28,29,32)/t21-/m0/s1. The van der Waals surface area contributed by atoms with Crippen molar-refractivity contribution in [3.8, 4) is 17.6 Å². The van der Waals surface area contributed by atoms with Crippen molar-refractivity contribution in [1.29, 1.82) is 5.26 Å². The molecule has 0 spiro atoms. The molecule has 3 aromatic carbocycles. The summed E-state index contributed by atoms with van der Waals surface area (Å²) in [6, 6.07) is 17.6. The molecule has 1 aliphatic rings. The molecule has 190 valence electrons. The number of amides is 3. The topological polar surface area (TPSA) is 138 Å². The van der Waals surface area contributed by atoms with E-state index in [1.807, 2.05) is 10.8 Å². The number of anilines is 1. The molecule has 0 aliphatic carbocycles. The fourth-order valence-electron chi connectivity index (χ4n) is 3.88.